The molecule has 1 aromatic heterocycles. The highest BCUT2D eigenvalue weighted by Crippen LogP contribution is 2.27. The summed E-state index contributed by atoms with van der Waals surface area (Å²) in [5.74, 6) is 1.24. The smallest absolute Gasteiger partial charge is 0.216 e. The maximum absolute atomic E-state index is 5.30. The van der Waals surface area contributed by atoms with Gasteiger partial charge < -0.3 is 10.1 Å². The van der Waals surface area contributed by atoms with Gasteiger partial charge in [-0.25, -0.2) is 4.98 Å². The Kier molecular flexibility index (Phi) is 5.60. The van der Waals surface area contributed by atoms with Crippen LogP contribution in [-0.4, -0.2) is 24.2 Å². The van der Waals surface area contributed by atoms with Gasteiger partial charge in [-0.3, -0.25) is 0 Å². The van der Waals surface area contributed by atoms with E-state index in [0.29, 0.717) is 5.92 Å². The second-order valence-electron chi connectivity index (χ2n) is 5.82. The van der Waals surface area contributed by atoms with Crippen LogP contribution in [-0.2, 0) is 0 Å². The van der Waals surface area contributed by atoms with Crippen LogP contribution in [0.1, 0.15) is 52.0 Å². The van der Waals surface area contributed by atoms with Crippen molar-refractivity contribution in [2.45, 2.75) is 52.0 Å². The summed E-state index contributed by atoms with van der Waals surface area (Å²) < 4.78 is 5.30. The number of pyridine rings is 1. The molecule has 0 aliphatic heterocycles. The highest BCUT2D eigenvalue weighted by Gasteiger charge is 2.12. The lowest BCUT2D eigenvalue weighted by atomic mass is 9.97. The molecule has 0 saturated heterocycles. The number of methoxy groups -OCH3 is 1. The lowest BCUT2D eigenvalue weighted by molar-refractivity contribution is 0.384. The van der Waals surface area contributed by atoms with Crippen LogP contribution in [0.5, 0.6) is 5.88 Å². The molecule has 0 bridgehead atoms. The van der Waals surface area contributed by atoms with Gasteiger partial charge in [-0.2, -0.15) is 0 Å². The Labute approximate surface area is 111 Å². The summed E-state index contributed by atoms with van der Waals surface area (Å²) in [6, 6.07) is 4.08. The van der Waals surface area contributed by atoms with Crippen LogP contribution >= 0.6 is 0 Å². The van der Waals surface area contributed by atoms with Crippen LogP contribution in [0.4, 0.5) is 0 Å². The van der Waals surface area contributed by atoms with E-state index in [9.17, 15) is 0 Å². The first-order chi connectivity index (χ1) is 8.44. The Hall–Kier alpha value is -1.09. The van der Waals surface area contributed by atoms with E-state index >= 15 is 0 Å². The lowest BCUT2D eigenvalue weighted by Gasteiger charge is -2.21. The Balaban J connectivity index is 2.43. The largest absolute Gasteiger partial charge is 0.481 e. The maximum Gasteiger partial charge on any atom is 0.216 e. The molecule has 1 N–H and O–H groups in total. The fourth-order valence-electron chi connectivity index (χ4n) is 1.98. The molecular weight excluding hydrogens is 224 g/mol. The molecule has 0 amide bonds. The van der Waals surface area contributed by atoms with Crippen molar-refractivity contribution in [1.29, 1.82) is 0 Å². The van der Waals surface area contributed by atoms with Gasteiger partial charge in [0, 0.05) is 17.3 Å². The molecule has 1 heterocycles. The molecule has 1 unspecified atom stereocenters. The molecule has 3 nitrogen and oxygen atoms in total. The minimum absolute atomic E-state index is 0.204. The molecule has 0 spiro atoms. The average molecular weight is 250 g/mol. The van der Waals surface area contributed by atoms with Crippen molar-refractivity contribution in [1.82, 2.24) is 10.3 Å². The zero-order chi connectivity index (χ0) is 13.6. The van der Waals surface area contributed by atoms with Gasteiger partial charge in [0.15, 0.2) is 0 Å². The Morgan fingerprint density at radius 3 is 2.72 bits per heavy atom. The molecule has 3 heteroatoms. The first kappa shape index (κ1) is 15.0. The quantitative estimate of drug-likeness (QED) is 0.786. The van der Waals surface area contributed by atoms with Crippen LogP contribution < -0.4 is 10.1 Å². The van der Waals surface area contributed by atoms with Gasteiger partial charge in [0.2, 0.25) is 5.88 Å². The second kappa shape index (κ2) is 6.74. The fourth-order valence-corrected chi connectivity index (χ4v) is 1.98. The molecular formula is C15H26N2O. The third-order valence-corrected chi connectivity index (χ3v) is 2.99. The predicted molar refractivity (Wildman–Crippen MR) is 76.2 cm³/mol. The zero-order valence-electron chi connectivity index (χ0n) is 12.3. The van der Waals surface area contributed by atoms with Crippen LogP contribution in [0.25, 0.3) is 0 Å². The first-order valence-corrected chi connectivity index (χ1v) is 6.68. The third kappa shape index (κ3) is 5.05. The molecule has 0 aromatic carbocycles. The van der Waals surface area contributed by atoms with E-state index < -0.39 is 0 Å². The molecule has 1 atom stereocenters. The van der Waals surface area contributed by atoms with Crippen LogP contribution in [0.15, 0.2) is 18.3 Å². The van der Waals surface area contributed by atoms with Gasteiger partial charge in [0.1, 0.15) is 0 Å². The van der Waals surface area contributed by atoms with Gasteiger partial charge in [-0.05, 0) is 52.1 Å². The molecule has 18 heavy (non-hydrogen) atoms. The van der Waals surface area contributed by atoms with Crippen molar-refractivity contribution in [3.8, 4) is 5.88 Å². The number of aromatic nitrogens is 1. The summed E-state index contributed by atoms with van der Waals surface area (Å²) in [7, 11) is 1.68. The molecule has 0 radical (unpaired) electrons. The molecule has 0 saturated carbocycles. The number of nitrogens with zero attached hydrogens (tertiary/aromatic N) is 1. The summed E-state index contributed by atoms with van der Waals surface area (Å²) in [5.41, 5.74) is 1.41. The van der Waals surface area contributed by atoms with Crippen molar-refractivity contribution in [3.63, 3.8) is 0 Å². The topological polar surface area (TPSA) is 34.1 Å². The molecule has 0 fully saturated rings. The number of ether oxygens (including phenoxy) is 1. The van der Waals surface area contributed by atoms with Crippen molar-refractivity contribution in [2.75, 3.05) is 13.7 Å². The Bertz CT molecular complexity index is 358. The minimum Gasteiger partial charge on any atom is -0.481 e. The average Bonchev–Trinajstić information content (AvgIpc) is 2.33. The van der Waals surface area contributed by atoms with E-state index in [2.05, 4.69) is 44.1 Å². The number of hydrogen-bond donors (Lipinski definition) is 1. The molecule has 0 aliphatic carbocycles. The van der Waals surface area contributed by atoms with Crippen molar-refractivity contribution >= 4 is 0 Å². The fraction of sp³-hybridized carbons (Fsp3) is 0.667. The summed E-state index contributed by atoms with van der Waals surface area (Å²) >= 11 is 0. The van der Waals surface area contributed by atoms with Gasteiger partial charge in [-0.15, -0.1) is 0 Å². The van der Waals surface area contributed by atoms with E-state index in [0.717, 1.165) is 25.3 Å². The lowest BCUT2D eigenvalue weighted by Crippen LogP contribution is -2.36. The van der Waals surface area contributed by atoms with Gasteiger partial charge in [-0.1, -0.05) is 13.0 Å². The van der Waals surface area contributed by atoms with Crippen molar-refractivity contribution in [2.24, 2.45) is 0 Å². The van der Waals surface area contributed by atoms with Crippen molar-refractivity contribution < 1.29 is 4.74 Å². The number of rotatable bonds is 6. The SMILES string of the molecule is COc1ncccc1C(C)CCCNC(C)(C)C. The van der Waals surface area contributed by atoms with Crippen LogP contribution in [0.3, 0.4) is 0 Å². The van der Waals surface area contributed by atoms with Gasteiger partial charge >= 0.3 is 0 Å². The Morgan fingerprint density at radius 2 is 2.11 bits per heavy atom. The van der Waals surface area contributed by atoms with E-state index in [1.165, 1.54) is 5.56 Å². The third-order valence-electron chi connectivity index (χ3n) is 2.99. The second-order valence-corrected chi connectivity index (χ2v) is 5.82. The van der Waals surface area contributed by atoms with Crippen LogP contribution in [0, 0.1) is 0 Å². The predicted octanol–water partition coefficient (Wildman–Crippen LogP) is 3.36. The maximum atomic E-state index is 5.30. The summed E-state index contributed by atoms with van der Waals surface area (Å²) in [6.45, 7) is 9.87. The highest BCUT2D eigenvalue weighted by atomic mass is 16.5. The van der Waals surface area contributed by atoms with Crippen molar-refractivity contribution in [3.05, 3.63) is 23.9 Å². The standard InChI is InChI=1S/C15H26N2O/c1-12(8-6-11-17-15(2,3)4)13-9-7-10-16-14(13)18-5/h7,9-10,12,17H,6,8,11H2,1-5H3. The molecule has 0 aliphatic rings. The molecule has 102 valence electrons. The molecule has 1 rings (SSSR count). The van der Waals surface area contributed by atoms with E-state index in [1.807, 2.05) is 6.07 Å². The van der Waals surface area contributed by atoms with E-state index in [-0.39, 0.29) is 5.54 Å². The van der Waals surface area contributed by atoms with E-state index in [1.54, 1.807) is 13.3 Å². The van der Waals surface area contributed by atoms with Gasteiger partial charge in [0.05, 0.1) is 7.11 Å². The first-order valence-electron chi connectivity index (χ1n) is 6.68. The number of nitrogens with one attached hydrogen (secondary N) is 1. The Morgan fingerprint density at radius 1 is 1.39 bits per heavy atom. The van der Waals surface area contributed by atoms with Gasteiger partial charge in [0.25, 0.3) is 0 Å². The summed E-state index contributed by atoms with van der Waals surface area (Å²) in [4.78, 5) is 4.25. The summed E-state index contributed by atoms with van der Waals surface area (Å²) in [6.07, 6.45) is 4.08. The van der Waals surface area contributed by atoms with E-state index in [4.69, 9.17) is 4.74 Å². The normalized spacial score (nSPS) is 13.4. The zero-order valence-corrected chi connectivity index (χ0v) is 12.3. The van der Waals surface area contributed by atoms with Crippen LogP contribution in [0.2, 0.25) is 0 Å². The minimum atomic E-state index is 0.204. The molecule has 1 aromatic rings. The monoisotopic (exact) mass is 250 g/mol. The highest BCUT2D eigenvalue weighted by molar-refractivity contribution is 5.28. The number of hydrogen-bond acceptors (Lipinski definition) is 3. The summed E-state index contributed by atoms with van der Waals surface area (Å²) in [5, 5.41) is 3.51.